The van der Waals surface area contributed by atoms with Crippen molar-refractivity contribution in [3.8, 4) is 0 Å². The van der Waals surface area contributed by atoms with Gasteiger partial charge in [0.15, 0.2) is 0 Å². The van der Waals surface area contributed by atoms with Crippen LogP contribution in [-0.4, -0.2) is 36.6 Å². The molecule has 0 radical (unpaired) electrons. The lowest BCUT2D eigenvalue weighted by Gasteiger charge is -2.19. The summed E-state index contributed by atoms with van der Waals surface area (Å²) in [5.74, 6) is 0.345. The Morgan fingerprint density at radius 2 is 2.00 bits per heavy atom. The molecule has 0 bridgehead atoms. The molecule has 0 aromatic heterocycles. The third kappa shape index (κ3) is 11.4. The second-order valence-corrected chi connectivity index (χ2v) is 6.18. The van der Waals surface area contributed by atoms with Crippen LogP contribution >= 0.6 is 0 Å². The van der Waals surface area contributed by atoms with Gasteiger partial charge in [0, 0.05) is 13.0 Å². The molecule has 2 N–H and O–H groups in total. The molecule has 1 amide bonds. The molecule has 0 unspecified atom stereocenters. The Balaban J connectivity index is 0.00000277. The fourth-order valence-electron chi connectivity index (χ4n) is 1.96. The van der Waals surface area contributed by atoms with Crippen LogP contribution in [0.3, 0.4) is 0 Å². The summed E-state index contributed by atoms with van der Waals surface area (Å²) >= 11 is 0. The standard InChI is InChI=1S/C17H26FNO4.C2H6/c1-17(2,3)23-16(21)19-10-4-5-13-6-7-14(18)8-9-15(13)22-12-11-20;1-2/h6-7,9,20H,4-5,8,10-12H2,1-3H3,(H,19,21);1-2H3. The summed E-state index contributed by atoms with van der Waals surface area (Å²) in [6.45, 7) is 9.94. The monoisotopic (exact) mass is 357 g/mol. The molecule has 1 rings (SSSR count). The van der Waals surface area contributed by atoms with Crippen LogP contribution in [0.15, 0.2) is 35.4 Å². The van der Waals surface area contributed by atoms with Gasteiger partial charge in [-0.3, -0.25) is 0 Å². The molecule has 0 aromatic carbocycles. The van der Waals surface area contributed by atoms with E-state index in [0.29, 0.717) is 25.1 Å². The molecule has 0 fully saturated rings. The highest BCUT2D eigenvalue weighted by Gasteiger charge is 2.16. The third-order valence-electron chi connectivity index (χ3n) is 2.90. The van der Waals surface area contributed by atoms with E-state index < -0.39 is 11.7 Å². The van der Waals surface area contributed by atoms with Gasteiger partial charge in [0.2, 0.25) is 0 Å². The van der Waals surface area contributed by atoms with E-state index in [1.807, 2.05) is 13.8 Å². The van der Waals surface area contributed by atoms with Crippen LogP contribution in [-0.2, 0) is 9.47 Å². The maximum atomic E-state index is 13.4. The summed E-state index contributed by atoms with van der Waals surface area (Å²) in [6, 6.07) is 0. The Kier molecular flexibility index (Phi) is 11.6. The number of carbonyl (C=O) groups is 1. The molecule has 0 atom stereocenters. The summed E-state index contributed by atoms with van der Waals surface area (Å²) in [5.41, 5.74) is 0.321. The summed E-state index contributed by atoms with van der Waals surface area (Å²) in [4.78, 5) is 11.5. The van der Waals surface area contributed by atoms with Crippen molar-refractivity contribution >= 4 is 6.09 Å². The Morgan fingerprint density at radius 1 is 1.32 bits per heavy atom. The molecule has 25 heavy (non-hydrogen) atoms. The minimum Gasteiger partial charge on any atom is -0.491 e. The van der Waals surface area contributed by atoms with E-state index in [1.165, 1.54) is 6.08 Å². The minimum absolute atomic E-state index is 0.0965. The Labute approximate surface area is 150 Å². The number of hydrogen-bond donors (Lipinski definition) is 2. The molecule has 1 aliphatic carbocycles. The second kappa shape index (κ2) is 12.5. The highest BCUT2D eigenvalue weighted by molar-refractivity contribution is 5.67. The number of aliphatic hydroxyl groups is 1. The first kappa shape index (κ1) is 23.2. The number of halogens is 1. The number of hydrogen-bond acceptors (Lipinski definition) is 4. The number of allylic oxidation sites excluding steroid dienone is 5. The van der Waals surface area contributed by atoms with Gasteiger partial charge in [0.25, 0.3) is 0 Å². The van der Waals surface area contributed by atoms with Crippen molar-refractivity contribution in [2.45, 2.75) is 59.5 Å². The van der Waals surface area contributed by atoms with Crippen LogP contribution in [0.4, 0.5) is 9.18 Å². The van der Waals surface area contributed by atoms with Crippen molar-refractivity contribution in [3.05, 3.63) is 35.4 Å². The van der Waals surface area contributed by atoms with Gasteiger partial charge < -0.3 is 19.9 Å². The maximum Gasteiger partial charge on any atom is 0.407 e. The number of carbonyl (C=O) groups excluding carboxylic acids is 1. The largest absolute Gasteiger partial charge is 0.491 e. The molecule has 5 nitrogen and oxygen atoms in total. The van der Waals surface area contributed by atoms with Gasteiger partial charge in [-0.05, 0) is 51.3 Å². The first-order valence-corrected chi connectivity index (χ1v) is 8.78. The van der Waals surface area contributed by atoms with Crippen LogP contribution in [0, 0.1) is 0 Å². The third-order valence-corrected chi connectivity index (χ3v) is 2.90. The van der Waals surface area contributed by atoms with Gasteiger partial charge in [0.05, 0.1) is 6.61 Å². The fourth-order valence-corrected chi connectivity index (χ4v) is 1.96. The number of amides is 1. The number of ether oxygens (including phenoxy) is 2. The molecule has 0 spiro atoms. The Hall–Kier alpha value is -1.82. The Morgan fingerprint density at radius 3 is 2.60 bits per heavy atom. The first-order chi connectivity index (χ1) is 11.8. The van der Waals surface area contributed by atoms with Crippen LogP contribution in [0.25, 0.3) is 0 Å². The molecule has 0 aromatic rings. The lowest BCUT2D eigenvalue weighted by Crippen LogP contribution is -2.33. The predicted octanol–water partition coefficient (Wildman–Crippen LogP) is 4.39. The van der Waals surface area contributed by atoms with Crippen molar-refractivity contribution in [3.63, 3.8) is 0 Å². The number of rotatable bonds is 7. The highest BCUT2D eigenvalue weighted by Crippen LogP contribution is 2.23. The predicted molar refractivity (Wildman–Crippen MR) is 97.8 cm³/mol. The SMILES string of the molecule is CC.CC(C)(C)OC(=O)NCCCC1=CC=C(F)CC=C1OCCO. The molecule has 144 valence electrons. The summed E-state index contributed by atoms with van der Waals surface area (Å²) in [7, 11) is 0. The van der Waals surface area contributed by atoms with Crippen LogP contribution in [0.2, 0.25) is 0 Å². The van der Waals surface area contributed by atoms with E-state index >= 15 is 0 Å². The van der Waals surface area contributed by atoms with Gasteiger partial charge in [-0.2, -0.15) is 0 Å². The van der Waals surface area contributed by atoms with Crippen molar-refractivity contribution in [1.82, 2.24) is 5.32 Å². The minimum atomic E-state index is -0.524. The highest BCUT2D eigenvalue weighted by atomic mass is 19.1. The molecular formula is C19H32FNO4. The van der Waals surface area contributed by atoms with E-state index in [0.717, 1.165) is 5.57 Å². The van der Waals surface area contributed by atoms with Gasteiger partial charge in [0.1, 0.15) is 23.8 Å². The molecule has 0 saturated heterocycles. The zero-order chi connectivity index (χ0) is 19.3. The van der Waals surface area contributed by atoms with Crippen LogP contribution in [0.1, 0.15) is 53.9 Å². The molecule has 0 heterocycles. The lowest BCUT2D eigenvalue weighted by atomic mass is 10.1. The number of nitrogens with one attached hydrogen (secondary N) is 1. The molecule has 0 saturated carbocycles. The lowest BCUT2D eigenvalue weighted by molar-refractivity contribution is 0.0527. The van der Waals surface area contributed by atoms with Gasteiger partial charge in [-0.1, -0.05) is 19.9 Å². The second-order valence-electron chi connectivity index (χ2n) is 6.18. The average Bonchev–Trinajstić information content (AvgIpc) is 2.72. The van der Waals surface area contributed by atoms with Crippen molar-refractivity contribution in [2.24, 2.45) is 0 Å². The zero-order valence-electron chi connectivity index (χ0n) is 16.0. The Bertz CT molecular complexity index is 490. The quantitative estimate of drug-likeness (QED) is 0.663. The molecule has 0 aliphatic heterocycles. The molecule has 6 heteroatoms. The van der Waals surface area contributed by atoms with E-state index in [9.17, 15) is 9.18 Å². The van der Waals surface area contributed by atoms with Crippen molar-refractivity contribution in [2.75, 3.05) is 19.8 Å². The molecular weight excluding hydrogens is 325 g/mol. The van der Waals surface area contributed by atoms with E-state index in [2.05, 4.69) is 5.32 Å². The van der Waals surface area contributed by atoms with E-state index in [1.54, 1.807) is 32.9 Å². The fraction of sp³-hybridized carbons (Fsp3) is 0.632. The summed E-state index contributed by atoms with van der Waals surface area (Å²) in [5, 5.41) is 11.5. The van der Waals surface area contributed by atoms with Gasteiger partial charge in [-0.25, -0.2) is 9.18 Å². The maximum absolute atomic E-state index is 13.4. The first-order valence-electron chi connectivity index (χ1n) is 8.78. The summed E-state index contributed by atoms with van der Waals surface area (Å²) < 4.78 is 24.0. The smallest absolute Gasteiger partial charge is 0.407 e. The number of alkyl carbamates (subject to hydrolysis) is 1. The zero-order valence-corrected chi connectivity index (χ0v) is 16.0. The summed E-state index contributed by atoms with van der Waals surface area (Å²) in [6.07, 6.45) is 5.78. The van der Waals surface area contributed by atoms with E-state index in [-0.39, 0.29) is 25.5 Å². The van der Waals surface area contributed by atoms with Crippen molar-refractivity contribution < 1.29 is 23.8 Å². The average molecular weight is 357 g/mol. The van der Waals surface area contributed by atoms with Crippen molar-refractivity contribution in [1.29, 1.82) is 0 Å². The van der Waals surface area contributed by atoms with Gasteiger partial charge in [-0.15, -0.1) is 0 Å². The molecule has 1 aliphatic rings. The topological polar surface area (TPSA) is 67.8 Å². The van der Waals surface area contributed by atoms with Crippen LogP contribution in [0.5, 0.6) is 0 Å². The normalized spacial score (nSPS) is 14.1. The van der Waals surface area contributed by atoms with E-state index in [4.69, 9.17) is 14.6 Å². The van der Waals surface area contributed by atoms with Crippen LogP contribution < -0.4 is 5.32 Å². The van der Waals surface area contributed by atoms with Gasteiger partial charge >= 0.3 is 6.09 Å². The number of aliphatic hydroxyl groups excluding tert-OH is 1.